The number of anilines is 1. The number of hydrogen-bond donors (Lipinski definition) is 1. The van der Waals surface area contributed by atoms with Gasteiger partial charge in [-0.3, -0.25) is 0 Å². The van der Waals surface area contributed by atoms with Gasteiger partial charge in [0.2, 0.25) is 6.79 Å². The average molecular weight is 369 g/mol. The van der Waals surface area contributed by atoms with E-state index in [1.807, 2.05) is 12.1 Å². The van der Waals surface area contributed by atoms with E-state index in [4.69, 9.17) is 21.1 Å². The third-order valence-corrected chi connectivity index (χ3v) is 4.19. The summed E-state index contributed by atoms with van der Waals surface area (Å²) in [7, 11) is 0. The third-order valence-electron chi connectivity index (χ3n) is 3.45. The summed E-state index contributed by atoms with van der Waals surface area (Å²) in [6.45, 7) is 5.09. The zero-order valence-corrected chi connectivity index (χ0v) is 14.1. The van der Waals surface area contributed by atoms with Crippen LogP contribution in [-0.4, -0.2) is 6.79 Å². The molecule has 0 aliphatic carbocycles. The highest BCUT2D eigenvalue weighted by molar-refractivity contribution is 9.10. The van der Waals surface area contributed by atoms with Gasteiger partial charge in [-0.15, -0.1) is 0 Å². The molecule has 3 rings (SSSR count). The van der Waals surface area contributed by atoms with E-state index in [-0.39, 0.29) is 6.79 Å². The number of fused-ring (bicyclic) bond motifs is 1. The zero-order chi connectivity index (χ0) is 15.0. The van der Waals surface area contributed by atoms with Crippen LogP contribution in [0.4, 0.5) is 5.69 Å². The summed E-state index contributed by atoms with van der Waals surface area (Å²) in [4.78, 5) is 0. The van der Waals surface area contributed by atoms with Gasteiger partial charge >= 0.3 is 0 Å². The molecule has 0 saturated carbocycles. The second-order valence-corrected chi connectivity index (χ2v) is 6.40. The summed E-state index contributed by atoms with van der Waals surface area (Å²) >= 11 is 9.71. The Kier molecular flexibility index (Phi) is 4.00. The predicted molar refractivity (Wildman–Crippen MR) is 88.5 cm³/mol. The molecule has 110 valence electrons. The number of benzene rings is 2. The summed E-state index contributed by atoms with van der Waals surface area (Å²) in [5, 5.41) is 4.06. The predicted octanol–water partition coefficient (Wildman–Crippen LogP) is 5.06. The van der Waals surface area contributed by atoms with Crippen LogP contribution in [0.1, 0.15) is 16.7 Å². The van der Waals surface area contributed by atoms with E-state index in [0.29, 0.717) is 23.1 Å². The Morgan fingerprint density at radius 2 is 1.86 bits per heavy atom. The van der Waals surface area contributed by atoms with E-state index < -0.39 is 0 Å². The van der Waals surface area contributed by atoms with Crippen LogP contribution < -0.4 is 14.8 Å². The number of hydrogen-bond acceptors (Lipinski definition) is 3. The lowest BCUT2D eigenvalue weighted by molar-refractivity contribution is 0.174. The first-order valence-electron chi connectivity index (χ1n) is 6.63. The van der Waals surface area contributed by atoms with Gasteiger partial charge < -0.3 is 14.8 Å². The fourth-order valence-corrected chi connectivity index (χ4v) is 3.48. The van der Waals surface area contributed by atoms with Crippen LogP contribution in [0.5, 0.6) is 11.5 Å². The van der Waals surface area contributed by atoms with Gasteiger partial charge in [0.05, 0.1) is 5.02 Å². The van der Waals surface area contributed by atoms with Gasteiger partial charge in [0.25, 0.3) is 0 Å². The second kappa shape index (κ2) is 5.78. The number of nitrogens with one attached hydrogen (secondary N) is 1. The molecule has 0 aromatic heterocycles. The number of rotatable bonds is 3. The topological polar surface area (TPSA) is 30.5 Å². The summed E-state index contributed by atoms with van der Waals surface area (Å²) in [5.41, 5.74) is 4.61. The van der Waals surface area contributed by atoms with Crippen LogP contribution in [0.25, 0.3) is 0 Å². The van der Waals surface area contributed by atoms with Crippen molar-refractivity contribution in [1.29, 1.82) is 0 Å². The van der Waals surface area contributed by atoms with E-state index in [0.717, 1.165) is 15.7 Å². The van der Waals surface area contributed by atoms with E-state index in [9.17, 15) is 0 Å². The van der Waals surface area contributed by atoms with Gasteiger partial charge in [-0.25, -0.2) is 0 Å². The van der Waals surface area contributed by atoms with Crippen molar-refractivity contribution >= 4 is 33.2 Å². The van der Waals surface area contributed by atoms with Crippen molar-refractivity contribution in [3.8, 4) is 11.5 Å². The van der Waals surface area contributed by atoms with E-state index in [1.165, 1.54) is 11.1 Å². The number of halogens is 2. The monoisotopic (exact) mass is 367 g/mol. The maximum atomic E-state index is 6.20. The lowest BCUT2D eigenvalue weighted by atomic mass is 10.1. The Morgan fingerprint density at radius 3 is 2.57 bits per heavy atom. The van der Waals surface area contributed by atoms with Crippen LogP contribution in [0.15, 0.2) is 28.7 Å². The minimum Gasteiger partial charge on any atom is -0.454 e. The Labute approximate surface area is 137 Å². The summed E-state index contributed by atoms with van der Waals surface area (Å²) in [6, 6.07) is 8.07. The highest BCUT2D eigenvalue weighted by Gasteiger charge is 2.18. The normalized spacial score (nSPS) is 12.6. The van der Waals surface area contributed by atoms with Crippen molar-refractivity contribution in [2.24, 2.45) is 0 Å². The largest absolute Gasteiger partial charge is 0.454 e. The molecule has 0 unspecified atom stereocenters. The molecule has 0 spiro atoms. The van der Waals surface area contributed by atoms with Gasteiger partial charge in [0, 0.05) is 16.7 Å². The lowest BCUT2D eigenvalue weighted by Crippen LogP contribution is -2.03. The molecule has 0 bridgehead atoms. The average Bonchev–Trinajstić information content (AvgIpc) is 2.86. The minimum atomic E-state index is 0.233. The Morgan fingerprint density at radius 1 is 1.14 bits per heavy atom. The lowest BCUT2D eigenvalue weighted by Gasteiger charge is -2.14. The second-order valence-electron chi connectivity index (χ2n) is 5.08. The van der Waals surface area contributed by atoms with Crippen LogP contribution in [0.3, 0.4) is 0 Å². The molecule has 1 N–H and O–H groups in total. The molecule has 0 atom stereocenters. The first kappa shape index (κ1) is 14.5. The maximum absolute atomic E-state index is 6.20. The molecule has 0 saturated heterocycles. The first-order chi connectivity index (χ1) is 10.0. The zero-order valence-electron chi connectivity index (χ0n) is 11.8. The summed E-state index contributed by atoms with van der Waals surface area (Å²) in [6.07, 6.45) is 0. The molecule has 0 fully saturated rings. The molecule has 3 nitrogen and oxygen atoms in total. The fraction of sp³-hybridized carbons (Fsp3) is 0.250. The number of ether oxygens (including phenoxy) is 2. The molecule has 1 heterocycles. The van der Waals surface area contributed by atoms with Crippen LogP contribution in [-0.2, 0) is 6.54 Å². The standard InChI is InChI=1S/C16H15BrClNO2/c1-9-3-12(17)4-10(2)15(9)19-7-11-5-13(18)16-14(6-11)20-8-21-16/h3-6,19H,7-8H2,1-2H3. The van der Waals surface area contributed by atoms with E-state index in [2.05, 4.69) is 47.2 Å². The highest BCUT2D eigenvalue weighted by atomic mass is 79.9. The van der Waals surface area contributed by atoms with Crippen molar-refractivity contribution in [1.82, 2.24) is 0 Å². The molecular formula is C16H15BrClNO2. The van der Waals surface area contributed by atoms with Gasteiger partial charge in [-0.05, 0) is 54.8 Å². The Balaban J connectivity index is 1.81. The van der Waals surface area contributed by atoms with Crippen LogP contribution >= 0.6 is 27.5 Å². The van der Waals surface area contributed by atoms with Gasteiger partial charge in [-0.2, -0.15) is 0 Å². The van der Waals surface area contributed by atoms with Crippen molar-refractivity contribution in [3.05, 3.63) is 50.5 Å². The molecular weight excluding hydrogens is 354 g/mol. The maximum Gasteiger partial charge on any atom is 0.231 e. The molecule has 21 heavy (non-hydrogen) atoms. The fourth-order valence-electron chi connectivity index (χ4n) is 2.50. The summed E-state index contributed by atoms with van der Waals surface area (Å²) < 4.78 is 11.8. The third kappa shape index (κ3) is 2.97. The minimum absolute atomic E-state index is 0.233. The smallest absolute Gasteiger partial charge is 0.231 e. The molecule has 0 amide bonds. The molecule has 2 aromatic rings. The first-order valence-corrected chi connectivity index (χ1v) is 7.80. The van der Waals surface area contributed by atoms with E-state index in [1.54, 1.807) is 0 Å². The van der Waals surface area contributed by atoms with Gasteiger partial charge in [0.1, 0.15) is 0 Å². The number of aryl methyl sites for hydroxylation is 2. The Hall–Kier alpha value is -1.39. The van der Waals surface area contributed by atoms with Crippen molar-refractivity contribution in [3.63, 3.8) is 0 Å². The van der Waals surface area contributed by atoms with Crippen molar-refractivity contribution in [2.45, 2.75) is 20.4 Å². The van der Waals surface area contributed by atoms with Crippen molar-refractivity contribution in [2.75, 3.05) is 12.1 Å². The van der Waals surface area contributed by atoms with E-state index >= 15 is 0 Å². The molecule has 1 aliphatic rings. The SMILES string of the molecule is Cc1cc(Br)cc(C)c1NCc1cc(Cl)c2c(c1)OCO2. The molecule has 1 aliphatic heterocycles. The molecule has 0 radical (unpaired) electrons. The quantitative estimate of drug-likeness (QED) is 0.821. The Bertz CT molecular complexity index is 680. The summed E-state index contributed by atoms with van der Waals surface area (Å²) in [5.74, 6) is 1.35. The van der Waals surface area contributed by atoms with Gasteiger partial charge in [0.15, 0.2) is 11.5 Å². The van der Waals surface area contributed by atoms with Crippen LogP contribution in [0, 0.1) is 13.8 Å². The molecule has 5 heteroatoms. The van der Waals surface area contributed by atoms with Crippen molar-refractivity contribution < 1.29 is 9.47 Å². The highest BCUT2D eigenvalue weighted by Crippen LogP contribution is 2.40. The van der Waals surface area contributed by atoms with Crippen LogP contribution in [0.2, 0.25) is 5.02 Å². The molecule has 2 aromatic carbocycles. The van der Waals surface area contributed by atoms with Gasteiger partial charge in [-0.1, -0.05) is 27.5 Å².